The summed E-state index contributed by atoms with van der Waals surface area (Å²) in [4.78, 5) is 10.4. The number of hydrogen-bond donors (Lipinski definition) is 2. The average Bonchev–Trinajstić information content (AvgIpc) is 2.31. The average molecular weight is 304 g/mol. The Kier molecular flexibility index (Phi) is 3.54. The summed E-state index contributed by atoms with van der Waals surface area (Å²) in [6, 6.07) is 5.18. The van der Waals surface area contributed by atoms with Crippen molar-refractivity contribution in [3.8, 4) is 0 Å². The highest BCUT2D eigenvalue weighted by atomic mass is 35.5. The van der Waals surface area contributed by atoms with Gasteiger partial charge in [0.25, 0.3) is 15.6 Å². The number of H-pyrrole nitrogens is 1. The highest BCUT2D eigenvalue weighted by Crippen LogP contribution is 2.19. The van der Waals surface area contributed by atoms with Gasteiger partial charge in [-0.05, 0) is 24.3 Å². The maximum atomic E-state index is 13.1. The van der Waals surface area contributed by atoms with Crippen LogP contribution in [0.1, 0.15) is 0 Å². The molecule has 1 aromatic carbocycles. The van der Waals surface area contributed by atoms with Crippen molar-refractivity contribution < 1.29 is 12.8 Å². The van der Waals surface area contributed by atoms with Gasteiger partial charge < -0.3 is 0 Å². The Labute approximate surface area is 112 Å². The van der Waals surface area contributed by atoms with Crippen LogP contribution in [0.2, 0.25) is 5.02 Å². The number of benzene rings is 1. The fraction of sp³-hybridized carbons (Fsp3) is 0. The fourth-order valence-electron chi connectivity index (χ4n) is 1.28. The maximum Gasteiger partial charge on any atom is 0.264 e. The van der Waals surface area contributed by atoms with Crippen LogP contribution < -0.4 is 10.3 Å². The van der Waals surface area contributed by atoms with E-state index in [-0.39, 0.29) is 15.7 Å². The van der Waals surface area contributed by atoms with Crippen LogP contribution in [0, 0.1) is 5.82 Å². The van der Waals surface area contributed by atoms with Gasteiger partial charge in [-0.15, -0.1) is 0 Å². The van der Waals surface area contributed by atoms with Crippen molar-refractivity contribution in [2.24, 2.45) is 0 Å². The minimum absolute atomic E-state index is 0.0465. The lowest BCUT2D eigenvalue weighted by Gasteiger charge is -2.07. The second-order valence-electron chi connectivity index (χ2n) is 3.52. The largest absolute Gasteiger partial charge is 0.268 e. The zero-order chi connectivity index (χ0) is 14.0. The molecular formula is C10H7ClFN3O3S. The summed E-state index contributed by atoms with van der Waals surface area (Å²) in [6.45, 7) is 0. The lowest BCUT2D eigenvalue weighted by molar-refractivity contribution is 0.595. The molecule has 1 heterocycles. The smallest absolute Gasteiger partial charge is 0.264 e. The van der Waals surface area contributed by atoms with E-state index in [0.29, 0.717) is 0 Å². The summed E-state index contributed by atoms with van der Waals surface area (Å²) >= 11 is 5.58. The van der Waals surface area contributed by atoms with E-state index in [0.717, 1.165) is 24.3 Å². The lowest BCUT2D eigenvalue weighted by Crippen LogP contribution is -2.16. The van der Waals surface area contributed by atoms with Crippen molar-refractivity contribution in [1.29, 1.82) is 0 Å². The topological polar surface area (TPSA) is 91.9 Å². The van der Waals surface area contributed by atoms with Crippen LogP contribution in [-0.2, 0) is 10.0 Å². The molecule has 0 fully saturated rings. The monoisotopic (exact) mass is 303 g/mol. The maximum absolute atomic E-state index is 13.1. The Hall–Kier alpha value is -1.93. The minimum Gasteiger partial charge on any atom is -0.268 e. The summed E-state index contributed by atoms with van der Waals surface area (Å²) in [5, 5.41) is 5.50. The van der Waals surface area contributed by atoms with Crippen molar-refractivity contribution in [3.05, 3.63) is 51.5 Å². The van der Waals surface area contributed by atoms with Crippen LogP contribution in [0.3, 0.4) is 0 Å². The molecule has 0 unspecified atom stereocenters. The third kappa shape index (κ3) is 3.30. The van der Waals surface area contributed by atoms with Gasteiger partial charge in [0.1, 0.15) is 5.82 Å². The molecule has 2 aromatic rings. The number of nitrogens with zero attached hydrogens (tertiary/aromatic N) is 1. The Morgan fingerprint density at radius 3 is 2.58 bits per heavy atom. The molecular weight excluding hydrogens is 297 g/mol. The number of aromatic amines is 1. The first-order valence-electron chi connectivity index (χ1n) is 4.91. The number of rotatable bonds is 3. The number of hydrogen-bond acceptors (Lipinski definition) is 4. The first-order chi connectivity index (χ1) is 8.87. The highest BCUT2D eigenvalue weighted by Gasteiger charge is 2.16. The molecule has 9 heteroatoms. The van der Waals surface area contributed by atoms with Crippen LogP contribution in [-0.4, -0.2) is 18.6 Å². The van der Waals surface area contributed by atoms with Crippen molar-refractivity contribution >= 4 is 27.4 Å². The first-order valence-corrected chi connectivity index (χ1v) is 6.77. The minimum atomic E-state index is -4.03. The predicted octanol–water partition coefficient (Wildman–Crippen LogP) is 1.36. The van der Waals surface area contributed by atoms with E-state index in [2.05, 4.69) is 14.9 Å². The van der Waals surface area contributed by atoms with Gasteiger partial charge in [0.2, 0.25) is 0 Å². The van der Waals surface area contributed by atoms with Gasteiger partial charge in [-0.1, -0.05) is 11.6 Å². The molecule has 0 saturated heterocycles. The fourth-order valence-corrected chi connectivity index (χ4v) is 2.62. The number of sulfonamides is 1. The molecule has 1 aromatic heterocycles. The quantitative estimate of drug-likeness (QED) is 0.895. The van der Waals surface area contributed by atoms with Crippen LogP contribution in [0.25, 0.3) is 0 Å². The number of halogens is 2. The van der Waals surface area contributed by atoms with E-state index in [1.807, 2.05) is 0 Å². The number of nitrogens with one attached hydrogen (secondary N) is 2. The third-order valence-corrected chi connectivity index (χ3v) is 3.62. The molecule has 19 heavy (non-hydrogen) atoms. The van der Waals surface area contributed by atoms with Crippen LogP contribution in [0.5, 0.6) is 0 Å². The molecule has 0 aliphatic heterocycles. The number of anilines is 1. The molecule has 0 amide bonds. The zero-order valence-electron chi connectivity index (χ0n) is 9.22. The lowest BCUT2D eigenvalue weighted by atomic mass is 10.3. The molecule has 100 valence electrons. The molecule has 0 aliphatic carbocycles. The molecule has 0 spiro atoms. The molecule has 0 bridgehead atoms. The van der Waals surface area contributed by atoms with E-state index in [9.17, 15) is 17.6 Å². The van der Waals surface area contributed by atoms with E-state index in [1.165, 1.54) is 6.07 Å². The van der Waals surface area contributed by atoms with Gasteiger partial charge in [0, 0.05) is 11.1 Å². The summed E-state index contributed by atoms with van der Waals surface area (Å²) in [6.07, 6.45) is 0. The normalized spacial score (nSPS) is 11.3. The summed E-state index contributed by atoms with van der Waals surface area (Å²) in [5.74, 6) is -0.873. The highest BCUT2D eigenvalue weighted by molar-refractivity contribution is 7.92. The Morgan fingerprint density at radius 1 is 1.26 bits per heavy atom. The molecule has 2 rings (SSSR count). The Balaban J connectivity index is 2.37. The van der Waals surface area contributed by atoms with E-state index in [4.69, 9.17) is 11.6 Å². The Morgan fingerprint density at radius 2 is 2.00 bits per heavy atom. The van der Waals surface area contributed by atoms with E-state index < -0.39 is 21.4 Å². The molecule has 6 nitrogen and oxygen atoms in total. The standard InChI is InChI=1S/C10H7ClFN3O3S/c11-6-3-7(12)5-8(4-6)19(17,18)15-9-1-2-10(16)14-13-9/h1-5H,(H,13,15)(H,14,16). The molecule has 0 saturated carbocycles. The van der Waals surface area contributed by atoms with Crippen molar-refractivity contribution in [1.82, 2.24) is 10.2 Å². The van der Waals surface area contributed by atoms with Gasteiger partial charge in [0.15, 0.2) is 5.82 Å². The van der Waals surface area contributed by atoms with Gasteiger partial charge in [-0.25, -0.2) is 17.9 Å². The van der Waals surface area contributed by atoms with Gasteiger partial charge in [-0.2, -0.15) is 5.10 Å². The summed E-state index contributed by atoms with van der Waals surface area (Å²) in [7, 11) is -4.03. The molecule has 0 atom stereocenters. The first kappa shape index (κ1) is 13.5. The zero-order valence-corrected chi connectivity index (χ0v) is 10.8. The molecule has 0 aliphatic rings. The Bertz CT molecular complexity index is 735. The molecule has 0 radical (unpaired) electrons. The van der Waals surface area contributed by atoms with Crippen LogP contribution >= 0.6 is 11.6 Å². The van der Waals surface area contributed by atoms with E-state index in [1.54, 1.807) is 0 Å². The SMILES string of the molecule is O=c1ccc(NS(=O)(=O)c2cc(F)cc(Cl)c2)n[nH]1. The number of aromatic nitrogens is 2. The van der Waals surface area contributed by atoms with Crippen LogP contribution in [0.4, 0.5) is 10.2 Å². The van der Waals surface area contributed by atoms with Crippen LogP contribution in [0.15, 0.2) is 40.0 Å². The predicted molar refractivity (Wildman–Crippen MR) is 67.1 cm³/mol. The molecule has 2 N–H and O–H groups in total. The van der Waals surface area contributed by atoms with Gasteiger partial charge in [0.05, 0.1) is 4.90 Å². The van der Waals surface area contributed by atoms with Crippen molar-refractivity contribution in [2.45, 2.75) is 4.90 Å². The second-order valence-corrected chi connectivity index (χ2v) is 5.64. The summed E-state index contributed by atoms with van der Waals surface area (Å²) < 4.78 is 39.0. The van der Waals surface area contributed by atoms with E-state index >= 15 is 0 Å². The van der Waals surface area contributed by atoms with Gasteiger partial charge in [-0.3, -0.25) is 9.52 Å². The van der Waals surface area contributed by atoms with Gasteiger partial charge >= 0.3 is 0 Å². The third-order valence-electron chi connectivity index (χ3n) is 2.06. The van der Waals surface area contributed by atoms with Crippen molar-refractivity contribution in [3.63, 3.8) is 0 Å². The summed E-state index contributed by atoms with van der Waals surface area (Å²) in [5.41, 5.74) is -0.475. The van der Waals surface area contributed by atoms with Crippen molar-refractivity contribution in [2.75, 3.05) is 4.72 Å². The second kappa shape index (κ2) is 4.98.